The zero-order valence-electron chi connectivity index (χ0n) is 9.42. The Morgan fingerprint density at radius 3 is 2.53 bits per heavy atom. The van der Waals surface area contributed by atoms with Crippen molar-refractivity contribution in [1.82, 2.24) is 0 Å². The van der Waals surface area contributed by atoms with Crippen molar-refractivity contribution in [3.63, 3.8) is 0 Å². The lowest BCUT2D eigenvalue weighted by molar-refractivity contribution is -0.133. The van der Waals surface area contributed by atoms with E-state index in [9.17, 15) is 9.59 Å². The van der Waals surface area contributed by atoms with E-state index in [1.807, 2.05) is 13.8 Å². The number of ether oxygens (including phenoxy) is 1. The van der Waals surface area contributed by atoms with Crippen LogP contribution >= 0.6 is 0 Å². The number of esters is 1. The molecule has 0 rings (SSSR count). The van der Waals surface area contributed by atoms with E-state index < -0.39 is 11.4 Å². The van der Waals surface area contributed by atoms with Gasteiger partial charge in [-0.1, -0.05) is 26.3 Å². The summed E-state index contributed by atoms with van der Waals surface area (Å²) in [6.07, 6.45) is 2.40. The summed E-state index contributed by atoms with van der Waals surface area (Å²) in [4.78, 5) is 22.0. The van der Waals surface area contributed by atoms with Crippen molar-refractivity contribution in [2.24, 2.45) is 5.41 Å². The van der Waals surface area contributed by atoms with Gasteiger partial charge in [0.2, 0.25) is 0 Å². The van der Waals surface area contributed by atoms with Crippen LogP contribution in [0, 0.1) is 17.3 Å². The van der Waals surface area contributed by atoms with Gasteiger partial charge in [-0.3, -0.25) is 4.79 Å². The molecule has 0 radical (unpaired) electrons. The van der Waals surface area contributed by atoms with Gasteiger partial charge in [0, 0.05) is 17.8 Å². The summed E-state index contributed by atoms with van der Waals surface area (Å²) in [7, 11) is 1.28. The van der Waals surface area contributed by atoms with Crippen LogP contribution in [-0.4, -0.2) is 18.9 Å². The molecule has 0 aromatic heterocycles. The quantitative estimate of drug-likeness (QED) is 0.306. The Balaban J connectivity index is 4.14. The second-order valence-electron chi connectivity index (χ2n) is 3.75. The molecule has 0 amide bonds. The van der Waals surface area contributed by atoms with Crippen LogP contribution in [0.5, 0.6) is 0 Å². The number of hydrogen-bond donors (Lipinski definition) is 0. The Labute approximate surface area is 90.5 Å². The highest BCUT2D eigenvalue weighted by molar-refractivity contribution is 5.93. The summed E-state index contributed by atoms with van der Waals surface area (Å²) in [5, 5.41) is 0. The predicted molar refractivity (Wildman–Crippen MR) is 58.0 cm³/mol. The Bertz CT molecular complexity index is 315. The van der Waals surface area contributed by atoms with Crippen LogP contribution in [-0.2, 0) is 14.3 Å². The fraction of sp³-hybridized carbons (Fsp3) is 0.500. The van der Waals surface area contributed by atoms with E-state index in [0.29, 0.717) is 12.8 Å². The molecule has 82 valence electrons. The molecule has 0 aliphatic heterocycles. The normalized spacial score (nSPS) is 9.80. The van der Waals surface area contributed by atoms with Crippen molar-refractivity contribution >= 4 is 11.8 Å². The zero-order valence-corrected chi connectivity index (χ0v) is 9.42. The van der Waals surface area contributed by atoms with Gasteiger partial charge in [-0.25, -0.2) is 4.79 Å². The molecule has 0 fully saturated rings. The van der Waals surface area contributed by atoms with Gasteiger partial charge in [-0.05, 0) is 12.5 Å². The molecular weight excluding hydrogens is 192 g/mol. The van der Waals surface area contributed by atoms with Gasteiger partial charge in [0.1, 0.15) is 0 Å². The number of rotatable bonds is 4. The highest BCUT2D eigenvalue weighted by Gasteiger charge is 2.23. The molecule has 15 heavy (non-hydrogen) atoms. The molecule has 0 atom stereocenters. The maximum atomic E-state index is 11.4. The van der Waals surface area contributed by atoms with Crippen LogP contribution in [0.15, 0.2) is 12.7 Å². The fourth-order valence-electron chi connectivity index (χ4n) is 0.960. The van der Waals surface area contributed by atoms with Crippen LogP contribution in [0.4, 0.5) is 0 Å². The first-order valence-electron chi connectivity index (χ1n) is 4.67. The van der Waals surface area contributed by atoms with Crippen molar-refractivity contribution in [1.29, 1.82) is 0 Å². The lowest BCUT2D eigenvalue weighted by Crippen LogP contribution is -2.21. The van der Waals surface area contributed by atoms with Crippen LogP contribution in [0.2, 0.25) is 0 Å². The number of methoxy groups -OCH3 is 1. The Kier molecular flexibility index (Phi) is 5.40. The van der Waals surface area contributed by atoms with Gasteiger partial charge < -0.3 is 4.74 Å². The molecule has 0 spiro atoms. The Morgan fingerprint density at radius 2 is 2.07 bits per heavy atom. The largest absolute Gasteiger partial charge is 0.459 e. The standard InChI is InChI=1S/C12H16O3/c1-5-10(13)12(2,3)9-7-6-8-11(14)15-4/h5H,1,7,9H2,2-4H3. The molecule has 0 aromatic rings. The molecule has 0 bridgehead atoms. The van der Waals surface area contributed by atoms with Crippen molar-refractivity contribution in [3.05, 3.63) is 12.7 Å². The van der Waals surface area contributed by atoms with Crippen molar-refractivity contribution in [3.8, 4) is 11.8 Å². The van der Waals surface area contributed by atoms with E-state index in [4.69, 9.17) is 0 Å². The number of hydrogen-bond acceptors (Lipinski definition) is 3. The van der Waals surface area contributed by atoms with Crippen LogP contribution in [0.1, 0.15) is 26.7 Å². The number of ketones is 1. The summed E-state index contributed by atoms with van der Waals surface area (Å²) in [5.74, 6) is 4.41. The molecular formula is C12H16O3. The third-order valence-electron chi connectivity index (χ3n) is 2.10. The number of carbonyl (C=O) groups excluding carboxylic acids is 2. The average Bonchev–Trinajstić information content (AvgIpc) is 2.22. The lowest BCUT2D eigenvalue weighted by Gasteiger charge is -2.19. The van der Waals surface area contributed by atoms with Gasteiger partial charge in [0.05, 0.1) is 7.11 Å². The summed E-state index contributed by atoms with van der Waals surface area (Å²) >= 11 is 0. The molecule has 0 saturated carbocycles. The third kappa shape index (κ3) is 5.02. The van der Waals surface area contributed by atoms with E-state index in [0.717, 1.165) is 0 Å². The van der Waals surface area contributed by atoms with E-state index in [1.54, 1.807) is 0 Å². The number of carbonyl (C=O) groups is 2. The van der Waals surface area contributed by atoms with E-state index in [1.165, 1.54) is 13.2 Å². The van der Waals surface area contributed by atoms with Gasteiger partial charge in [0.25, 0.3) is 0 Å². The first-order chi connectivity index (χ1) is 6.94. The highest BCUT2D eigenvalue weighted by atomic mass is 16.5. The molecule has 3 heteroatoms. The molecule has 0 aliphatic rings. The minimum absolute atomic E-state index is 0.0117. The monoisotopic (exact) mass is 208 g/mol. The van der Waals surface area contributed by atoms with Gasteiger partial charge in [0.15, 0.2) is 5.78 Å². The van der Waals surface area contributed by atoms with Gasteiger partial charge >= 0.3 is 5.97 Å². The summed E-state index contributed by atoms with van der Waals surface area (Å²) in [5.41, 5.74) is -0.466. The second kappa shape index (κ2) is 6.02. The molecule has 0 unspecified atom stereocenters. The SMILES string of the molecule is C=CC(=O)C(C)(C)CCC#CC(=O)OC. The second-order valence-corrected chi connectivity index (χ2v) is 3.75. The third-order valence-corrected chi connectivity index (χ3v) is 2.10. The average molecular weight is 208 g/mol. The Hall–Kier alpha value is -1.56. The van der Waals surface area contributed by atoms with Gasteiger partial charge in [-0.2, -0.15) is 0 Å². The van der Waals surface area contributed by atoms with Crippen molar-refractivity contribution in [2.75, 3.05) is 7.11 Å². The molecule has 0 aliphatic carbocycles. The lowest BCUT2D eigenvalue weighted by atomic mass is 9.83. The molecule has 0 heterocycles. The molecule has 0 aromatic carbocycles. The minimum Gasteiger partial charge on any atom is -0.459 e. The van der Waals surface area contributed by atoms with Crippen LogP contribution < -0.4 is 0 Å². The van der Waals surface area contributed by atoms with E-state index >= 15 is 0 Å². The van der Waals surface area contributed by atoms with E-state index in [2.05, 4.69) is 23.2 Å². The minimum atomic E-state index is -0.553. The highest BCUT2D eigenvalue weighted by Crippen LogP contribution is 2.23. The summed E-state index contributed by atoms with van der Waals surface area (Å²) in [6, 6.07) is 0. The summed E-state index contributed by atoms with van der Waals surface area (Å²) < 4.78 is 4.36. The van der Waals surface area contributed by atoms with E-state index in [-0.39, 0.29) is 5.78 Å². The molecule has 3 nitrogen and oxygen atoms in total. The predicted octanol–water partition coefficient (Wildman–Crippen LogP) is 1.72. The number of allylic oxidation sites excluding steroid dienone is 1. The topological polar surface area (TPSA) is 43.4 Å². The molecule has 0 saturated heterocycles. The zero-order chi connectivity index (χ0) is 11.9. The maximum absolute atomic E-state index is 11.4. The first-order valence-corrected chi connectivity index (χ1v) is 4.67. The van der Waals surface area contributed by atoms with Crippen molar-refractivity contribution < 1.29 is 14.3 Å². The maximum Gasteiger partial charge on any atom is 0.384 e. The summed E-state index contributed by atoms with van der Waals surface area (Å²) in [6.45, 7) is 7.10. The van der Waals surface area contributed by atoms with Gasteiger partial charge in [-0.15, -0.1) is 0 Å². The fourth-order valence-corrected chi connectivity index (χ4v) is 0.960. The smallest absolute Gasteiger partial charge is 0.384 e. The van der Waals surface area contributed by atoms with Crippen LogP contribution in [0.25, 0.3) is 0 Å². The molecule has 0 N–H and O–H groups in total. The first kappa shape index (κ1) is 13.4. The van der Waals surface area contributed by atoms with Crippen LogP contribution in [0.3, 0.4) is 0 Å². The Morgan fingerprint density at radius 1 is 1.47 bits per heavy atom. The van der Waals surface area contributed by atoms with Crippen molar-refractivity contribution in [2.45, 2.75) is 26.7 Å².